The third-order valence-corrected chi connectivity index (χ3v) is 4.44. The van der Waals surface area contributed by atoms with Crippen molar-refractivity contribution in [1.82, 2.24) is 0 Å². The van der Waals surface area contributed by atoms with Crippen LogP contribution in [0, 0.1) is 18.3 Å². The van der Waals surface area contributed by atoms with E-state index >= 15 is 0 Å². The third kappa shape index (κ3) is 2.56. The van der Waals surface area contributed by atoms with Gasteiger partial charge in [-0.1, -0.05) is 18.2 Å². The lowest BCUT2D eigenvalue weighted by Crippen LogP contribution is -2.05. The van der Waals surface area contributed by atoms with Gasteiger partial charge >= 0.3 is 0 Å². The average molecular weight is 347 g/mol. The molecule has 3 rings (SSSR count). The molecule has 2 aromatic carbocycles. The largest absolute Gasteiger partial charge is 0.496 e. The number of hydrogen-bond acceptors (Lipinski definition) is 5. The number of ketones is 1. The number of aryl methyl sites for hydroxylation is 1. The lowest BCUT2D eigenvalue weighted by molar-refractivity contribution is -0.103. The number of methoxy groups -OCH3 is 2. The SMILES string of the molecule is COc1cc(C)cc(CC#N)c1C1=C(C=O)c2c(OC)cccc2C1=O. The highest BCUT2D eigenvalue weighted by Gasteiger charge is 2.35. The minimum atomic E-state index is -0.276. The first-order valence-electron chi connectivity index (χ1n) is 8.03. The molecule has 0 aliphatic heterocycles. The van der Waals surface area contributed by atoms with Crippen molar-refractivity contribution in [2.75, 3.05) is 14.2 Å². The molecule has 0 fully saturated rings. The molecule has 0 bridgehead atoms. The first-order chi connectivity index (χ1) is 12.6. The first-order valence-corrected chi connectivity index (χ1v) is 8.03. The van der Waals surface area contributed by atoms with Crippen LogP contribution in [0.2, 0.25) is 0 Å². The molecule has 0 aromatic heterocycles. The molecular formula is C21H17NO4. The van der Waals surface area contributed by atoms with Gasteiger partial charge < -0.3 is 9.47 Å². The van der Waals surface area contributed by atoms with Crippen molar-refractivity contribution in [2.45, 2.75) is 13.3 Å². The zero-order valence-corrected chi connectivity index (χ0v) is 14.8. The number of carbonyl (C=O) groups excluding carboxylic acids is 2. The molecule has 1 aliphatic carbocycles. The molecule has 0 unspecified atom stereocenters. The number of Topliss-reactive ketones (excluding diaryl/α,β-unsaturated/α-hetero) is 1. The lowest BCUT2D eigenvalue weighted by atomic mass is 9.91. The molecule has 2 aromatic rings. The Kier molecular flexibility index (Phi) is 4.59. The minimum absolute atomic E-state index is 0.101. The molecule has 0 N–H and O–H groups in total. The van der Waals surface area contributed by atoms with Crippen molar-refractivity contribution in [3.63, 3.8) is 0 Å². The van der Waals surface area contributed by atoms with E-state index in [4.69, 9.17) is 9.47 Å². The summed E-state index contributed by atoms with van der Waals surface area (Å²) in [6.45, 7) is 1.89. The molecule has 0 spiro atoms. The van der Waals surface area contributed by atoms with E-state index in [2.05, 4.69) is 6.07 Å². The summed E-state index contributed by atoms with van der Waals surface area (Å²) in [5.74, 6) is 0.646. The zero-order chi connectivity index (χ0) is 18.8. The molecule has 1 aliphatic rings. The molecule has 0 heterocycles. The maximum atomic E-state index is 13.1. The van der Waals surface area contributed by atoms with Crippen LogP contribution < -0.4 is 9.47 Å². The van der Waals surface area contributed by atoms with E-state index in [9.17, 15) is 14.9 Å². The van der Waals surface area contributed by atoms with E-state index < -0.39 is 0 Å². The summed E-state index contributed by atoms with van der Waals surface area (Å²) in [5, 5.41) is 9.20. The van der Waals surface area contributed by atoms with E-state index in [1.807, 2.05) is 13.0 Å². The molecule has 130 valence electrons. The smallest absolute Gasteiger partial charge is 0.195 e. The number of allylic oxidation sites excluding steroid dienone is 2. The van der Waals surface area contributed by atoms with Crippen LogP contribution in [-0.4, -0.2) is 26.3 Å². The lowest BCUT2D eigenvalue weighted by Gasteiger charge is -2.15. The molecule has 0 amide bonds. The van der Waals surface area contributed by atoms with E-state index in [-0.39, 0.29) is 23.4 Å². The van der Waals surface area contributed by atoms with Crippen LogP contribution in [0.25, 0.3) is 11.1 Å². The van der Waals surface area contributed by atoms with Crippen LogP contribution in [0.4, 0.5) is 0 Å². The Balaban J connectivity index is 2.39. The van der Waals surface area contributed by atoms with Gasteiger partial charge in [-0.3, -0.25) is 9.59 Å². The summed E-state index contributed by atoms with van der Waals surface area (Å²) in [6, 6.07) is 10.8. The van der Waals surface area contributed by atoms with Crippen LogP contribution in [0.1, 0.15) is 32.6 Å². The topological polar surface area (TPSA) is 76.4 Å². The second kappa shape index (κ2) is 6.85. The highest BCUT2D eigenvalue weighted by molar-refractivity contribution is 6.47. The van der Waals surface area contributed by atoms with Crippen LogP contribution in [-0.2, 0) is 11.2 Å². The summed E-state index contributed by atoms with van der Waals surface area (Å²) in [6.07, 6.45) is 0.765. The Bertz CT molecular complexity index is 996. The highest BCUT2D eigenvalue weighted by Crippen LogP contribution is 2.45. The van der Waals surface area contributed by atoms with Gasteiger partial charge in [0, 0.05) is 27.8 Å². The maximum absolute atomic E-state index is 13.1. The van der Waals surface area contributed by atoms with Gasteiger partial charge in [0.1, 0.15) is 11.5 Å². The highest BCUT2D eigenvalue weighted by atomic mass is 16.5. The molecule has 0 saturated carbocycles. The van der Waals surface area contributed by atoms with Gasteiger partial charge in [0.15, 0.2) is 12.1 Å². The Labute approximate surface area is 151 Å². The van der Waals surface area contributed by atoms with Gasteiger partial charge in [0.05, 0.1) is 26.7 Å². The van der Waals surface area contributed by atoms with Gasteiger partial charge in [0.2, 0.25) is 0 Å². The molecule has 5 nitrogen and oxygen atoms in total. The number of rotatable bonds is 5. The molecular weight excluding hydrogens is 330 g/mol. The van der Waals surface area contributed by atoms with Gasteiger partial charge in [-0.25, -0.2) is 0 Å². The second-order valence-corrected chi connectivity index (χ2v) is 5.95. The number of hydrogen-bond donors (Lipinski definition) is 0. The molecule has 0 saturated heterocycles. The number of nitriles is 1. The van der Waals surface area contributed by atoms with E-state index in [1.54, 1.807) is 24.3 Å². The van der Waals surface area contributed by atoms with E-state index in [0.29, 0.717) is 40.0 Å². The number of carbonyl (C=O) groups is 2. The monoisotopic (exact) mass is 347 g/mol. The minimum Gasteiger partial charge on any atom is -0.496 e. The van der Waals surface area contributed by atoms with Gasteiger partial charge in [-0.2, -0.15) is 5.26 Å². The van der Waals surface area contributed by atoms with Gasteiger partial charge in [0.25, 0.3) is 0 Å². The quantitative estimate of drug-likeness (QED) is 0.775. The molecule has 26 heavy (non-hydrogen) atoms. The predicted molar refractivity (Wildman–Crippen MR) is 97.3 cm³/mol. The van der Waals surface area contributed by atoms with Crippen molar-refractivity contribution < 1.29 is 19.1 Å². The summed E-state index contributed by atoms with van der Waals surface area (Å²) < 4.78 is 10.8. The fourth-order valence-corrected chi connectivity index (χ4v) is 3.41. The Morgan fingerprint density at radius 2 is 1.85 bits per heavy atom. The van der Waals surface area contributed by atoms with Crippen molar-refractivity contribution in [1.29, 1.82) is 5.26 Å². The Morgan fingerprint density at radius 3 is 2.46 bits per heavy atom. The van der Waals surface area contributed by atoms with Crippen LogP contribution in [0.15, 0.2) is 30.3 Å². The maximum Gasteiger partial charge on any atom is 0.195 e. The molecule has 0 radical (unpaired) electrons. The number of fused-ring (bicyclic) bond motifs is 1. The third-order valence-electron chi connectivity index (χ3n) is 4.44. The van der Waals surface area contributed by atoms with Crippen LogP contribution in [0.5, 0.6) is 11.5 Å². The van der Waals surface area contributed by atoms with Crippen LogP contribution >= 0.6 is 0 Å². The summed E-state index contributed by atoms with van der Waals surface area (Å²) in [5.41, 5.74) is 3.45. The van der Waals surface area contributed by atoms with Crippen molar-refractivity contribution in [2.24, 2.45) is 0 Å². The fourth-order valence-electron chi connectivity index (χ4n) is 3.41. The molecule has 0 atom stereocenters. The van der Waals surface area contributed by atoms with Gasteiger partial charge in [-0.15, -0.1) is 0 Å². The average Bonchev–Trinajstić information content (AvgIpc) is 2.93. The standard InChI is InChI=1S/C21H17NO4/c1-12-9-13(7-8-22)18(17(10-12)26-3)20-15(11-23)19-14(21(20)24)5-4-6-16(19)25-2/h4-6,9-11H,7H2,1-3H3. The van der Waals surface area contributed by atoms with Crippen molar-refractivity contribution >= 4 is 23.2 Å². The molecule has 5 heteroatoms. The summed E-state index contributed by atoms with van der Waals surface area (Å²) >= 11 is 0. The number of ether oxygens (including phenoxy) is 2. The number of nitrogens with zero attached hydrogens (tertiary/aromatic N) is 1. The normalized spacial score (nSPS) is 12.6. The Hall–Kier alpha value is -3.39. The Morgan fingerprint density at radius 1 is 1.12 bits per heavy atom. The first kappa shape index (κ1) is 17.4. The fraction of sp³-hybridized carbons (Fsp3) is 0.190. The predicted octanol–water partition coefficient (Wildman–Crippen LogP) is 3.38. The van der Waals surface area contributed by atoms with E-state index in [1.165, 1.54) is 14.2 Å². The number of aldehydes is 1. The summed E-state index contributed by atoms with van der Waals surface area (Å²) in [7, 11) is 3.00. The second-order valence-electron chi connectivity index (χ2n) is 5.95. The van der Waals surface area contributed by atoms with Crippen molar-refractivity contribution in [3.8, 4) is 17.6 Å². The summed E-state index contributed by atoms with van der Waals surface area (Å²) in [4.78, 5) is 25.1. The zero-order valence-electron chi connectivity index (χ0n) is 14.8. The van der Waals surface area contributed by atoms with Crippen LogP contribution in [0.3, 0.4) is 0 Å². The number of benzene rings is 2. The van der Waals surface area contributed by atoms with E-state index in [0.717, 1.165) is 5.56 Å². The van der Waals surface area contributed by atoms with Crippen molar-refractivity contribution in [3.05, 3.63) is 58.1 Å². The van der Waals surface area contributed by atoms with Gasteiger partial charge in [-0.05, 0) is 30.2 Å².